The number of carbonyl (C=O) groups is 2. The summed E-state index contributed by atoms with van der Waals surface area (Å²) >= 11 is 0. The molecule has 0 bridgehead atoms. The molecule has 1 rings (SSSR count). The van der Waals surface area contributed by atoms with Gasteiger partial charge in [0.15, 0.2) is 0 Å². The van der Waals surface area contributed by atoms with Crippen LogP contribution in [-0.2, 0) is 16.0 Å². The fourth-order valence-corrected chi connectivity index (χ4v) is 1.77. The zero-order valence-corrected chi connectivity index (χ0v) is 11.4. The van der Waals surface area contributed by atoms with Gasteiger partial charge in [-0.3, -0.25) is 9.59 Å². The van der Waals surface area contributed by atoms with Gasteiger partial charge in [-0.2, -0.15) is 0 Å². The number of rotatable bonds is 6. The third kappa shape index (κ3) is 5.42. The van der Waals surface area contributed by atoms with Crippen molar-refractivity contribution in [3.63, 3.8) is 0 Å². The second-order valence-corrected chi connectivity index (χ2v) is 5.03. The van der Waals surface area contributed by atoms with Crippen molar-refractivity contribution in [2.45, 2.75) is 32.2 Å². The Morgan fingerprint density at radius 1 is 1.26 bits per heavy atom. The summed E-state index contributed by atoms with van der Waals surface area (Å²) in [6.45, 7) is 3.38. The third-order valence-corrected chi connectivity index (χ3v) is 2.59. The largest absolute Gasteiger partial charge is 0.497 e. The van der Waals surface area contributed by atoms with Crippen LogP contribution in [-0.4, -0.2) is 29.6 Å². The zero-order valence-electron chi connectivity index (χ0n) is 11.4. The molecular weight excluding hydrogens is 246 g/mol. The van der Waals surface area contributed by atoms with E-state index < -0.39 is 11.5 Å². The molecule has 5 heteroatoms. The summed E-state index contributed by atoms with van der Waals surface area (Å²) in [6.07, 6.45) is 0.106. The number of hydrogen-bond acceptors (Lipinski definition) is 3. The fraction of sp³-hybridized carbons (Fsp3) is 0.429. The monoisotopic (exact) mass is 265 g/mol. The van der Waals surface area contributed by atoms with E-state index in [4.69, 9.17) is 9.84 Å². The molecule has 1 aromatic rings. The topological polar surface area (TPSA) is 75.6 Å². The molecule has 1 amide bonds. The standard InChI is InChI=1S/C14H19NO4/c1-14(2,9-13(17)18)15-12(16)8-10-4-6-11(19-3)7-5-10/h4-7H,8-9H2,1-3H3,(H,15,16)(H,17,18). The Kier molecular flexibility index (Phi) is 4.92. The van der Waals surface area contributed by atoms with Gasteiger partial charge in [0.2, 0.25) is 5.91 Å². The van der Waals surface area contributed by atoms with Crippen LogP contribution < -0.4 is 10.1 Å². The second-order valence-electron chi connectivity index (χ2n) is 5.03. The van der Waals surface area contributed by atoms with E-state index >= 15 is 0 Å². The Bertz CT molecular complexity index is 451. The average Bonchev–Trinajstić information content (AvgIpc) is 2.27. The van der Waals surface area contributed by atoms with Crippen molar-refractivity contribution in [2.24, 2.45) is 0 Å². The van der Waals surface area contributed by atoms with Crippen molar-refractivity contribution in [3.05, 3.63) is 29.8 Å². The molecule has 0 spiro atoms. The van der Waals surface area contributed by atoms with Gasteiger partial charge in [0.1, 0.15) is 5.75 Å². The molecule has 0 unspecified atom stereocenters. The van der Waals surface area contributed by atoms with Gasteiger partial charge in [-0.25, -0.2) is 0 Å². The van der Waals surface area contributed by atoms with Crippen molar-refractivity contribution in [1.29, 1.82) is 0 Å². The van der Waals surface area contributed by atoms with E-state index in [1.807, 2.05) is 12.1 Å². The Morgan fingerprint density at radius 2 is 1.84 bits per heavy atom. The molecule has 0 radical (unpaired) electrons. The van der Waals surface area contributed by atoms with Crippen LogP contribution in [0.2, 0.25) is 0 Å². The van der Waals surface area contributed by atoms with Crippen LogP contribution in [0.3, 0.4) is 0 Å². The number of hydrogen-bond donors (Lipinski definition) is 2. The molecule has 2 N–H and O–H groups in total. The summed E-state index contributed by atoms with van der Waals surface area (Å²) in [4.78, 5) is 22.5. The van der Waals surface area contributed by atoms with E-state index in [1.54, 1.807) is 33.1 Å². The first kappa shape index (κ1) is 15.0. The molecule has 0 aliphatic carbocycles. The maximum absolute atomic E-state index is 11.8. The van der Waals surface area contributed by atoms with Crippen LogP contribution in [0.5, 0.6) is 5.75 Å². The lowest BCUT2D eigenvalue weighted by Gasteiger charge is -2.24. The summed E-state index contributed by atoms with van der Waals surface area (Å²) < 4.78 is 5.03. The lowest BCUT2D eigenvalue weighted by atomic mass is 10.00. The molecule has 1 aromatic carbocycles. The number of nitrogens with one attached hydrogen (secondary N) is 1. The Balaban J connectivity index is 2.56. The summed E-state index contributed by atoms with van der Waals surface area (Å²) in [6, 6.07) is 7.18. The lowest BCUT2D eigenvalue weighted by Crippen LogP contribution is -2.45. The van der Waals surface area contributed by atoms with Crippen LogP contribution in [0.15, 0.2) is 24.3 Å². The minimum absolute atomic E-state index is 0.110. The van der Waals surface area contributed by atoms with Crippen molar-refractivity contribution in [3.8, 4) is 5.75 Å². The van der Waals surface area contributed by atoms with Crippen LogP contribution in [0.25, 0.3) is 0 Å². The van der Waals surface area contributed by atoms with E-state index in [0.29, 0.717) is 0 Å². The predicted octanol–water partition coefficient (Wildman–Crippen LogP) is 1.61. The number of carboxylic acid groups (broad SMARTS) is 1. The predicted molar refractivity (Wildman–Crippen MR) is 71.2 cm³/mol. The van der Waals surface area contributed by atoms with Gasteiger partial charge in [0.05, 0.1) is 20.0 Å². The minimum atomic E-state index is -0.935. The molecule has 0 atom stereocenters. The maximum atomic E-state index is 11.8. The summed E-state index contributed by atoms with van der Waals surface area (Å²) in [7, 11) is 1.58. The zero-order chi connectivity index (χ0) is 14.5. The second kappa shape index (κ2) is 6.22. The molecule has 0 fully saturated rings. The Hall–Kier alpha value is -2.04. The first-order valence-electron chi connectivity index (χ1n) is 5.98. The summed E-state index contributed by atoms with van der Waals surface area (Å²) in [5, 5.41) is 11.5. The van der Waals surface area contributed by atoms with E-state index in [9.17, 15) is 9.59 Å². The van der Waals surface area contributed by atoms with Gasteiger partial charge in [0, 0.05) is 5.54 Å². The molecule has 0 saturated heterocycles. The number of carbonyl (C=O) groups excluding carboxylic acids is 1. The van der Waals surface area contributed by atoms with E-state index in [-0.39, 0.29) is 18.7 Å². The fourth-order valence-electron chi connectivity index (χ4n) is 1.77. The van der Waals surface area contributed by atoms with Gasteiger partial charge in [-0.05, 0) is 31.5 Å². The number of methoxy groups -OCH3 is 1. The molecular formula is C14H19NO4. The normalized spacial score (nSPS) is 10.9. The highest BCUT2D eigenvalue weighted by atomic mass is 16.5. The van der Waals surface area contributed by atoms with Gasteiger partial charge in [-0.1, -0.05) is 12.1 Å². The number of amides is 1. The first-order valence-corrected chi connectivity index (χ1v) is 5.98. The van der Waals surface area contributed by atoms with E-state index in [1.165, 1.54) is 0 Å². The number of ether oxygens (including phenoxy) is 1. The summed E-state index contributed by atoms with van der Waals surface area (Å²) in [5.41, 5.74) is 0.0967. The van der Waals surface area contributed by atoms with E-state index in [0.717, 1.165) is 11.3 Å². The Labute approximate surface area is 112 Å². The minimum Gasteiger partial charge on any atom is -0.497 e. The van der Waals surface area contributed by atoms with Gasteiger partial charge in [0.25, 0.3) is 0 Å². The highest BCUT2D eigenvalue weighted by Crippen LogP contribution is 2.13. The smallest absolute Gasteiger partial charge is 0.305 e. The molecule has 0 saturated carbocycles. The van der Waals surface area contributed by atoms with Crippen LogP contribution >= 0.6 is 0 Å². The van der Waals surface area contributed by atoms with Gasteiger partial charge in [-0.15, -0.1) is 0 Å². The van der Waals surface area contributed by atoms with Crippen molar-refractivity contribution < 1.29 is 19.4 Å². The first-order chi connectivity index (χ1) is 8.82. The average molecular weight is 265 g/mol. The molecule has 0 aliphatic rings. The lowest BCUT2D eigenvalue weighted by molar-refractivity contribution is -0.138. The molecule has 0 aromatic heterocycles. The highest BCUT2D eigenvalue weighted by Gasteiger charge is 2.23. The summed E-state index contributed by atoms with van der Waals surface area (Å²) in [5.74, 6) is -0.401. The quantitative estimate of drug-likeness (QED) is 0.819. The van der Waals surface area contributed by atoms with Crippen molar-refractivity contribution >= 4 is 11.9 Å². The number of aliphatic carboxylic acids is 1. The molecule has 19 heavy (non-hydrogen) atoms. The molecule has 0 aliphatic heterocycles. The maximum Gasteiger partial charge on any atom is 0.305 e. The van der Waals surface area contributed by atoms with Crippen molar-refractivity contribution in [2.75, 3.05) is 7.11 Å². The third-order valence-electron chi connectivity index (χ3n) is 2.59. The van der Waals surface area contributed by atoms with Crippen molar-refractivity contribution in [1.82, 2.24) is 5.32 Å². The molecule has 0 heterocycles. The number of benzene rings is 1. The Morgan fingerprint density at radius 3 is 2.32 bits per heavy atom. The van der Waals surface area contributed by atoms with Gasteiger partial charge < -0.3 is 15.2 Å². The molecule has 104 valence electrons. The van der Waals surface area contributed by atoms with E-state index in [2.05, 4.69) is 5.32 Å². The highest BCUT2D eigenvalue weighted by molar-refractivity contribution is 5.80. The van der Waals surface area contributed by atoms with Crippen LogP contribution in [0.1, 0.15) is 25.8 Å². The van der Waals surface area contributed by atoms with Gasteiger partial charge >= 0.3 is 5.97 Å². The SMILES string of the molecule is COc1ccc(CC(=O)NC(C)(C)CC(=O)O)cc1. The van der Waals surface area contributed by atoms with Crippen LogP contribution in [0, 0.1) is 0 Å². The number of carboxylic acids is 1. The molecule has 5 nitrogen and oxygen atoms in total. The van der Waals surface area contributed by atoms with Crippen LogP contribution in [0.4, 0.5) is 0 Å².